The fourth-order valence-electron chi connectivity index (χ4n) is 1.58. The second-order valence-corrected chi connectivity index (χ2v) is 5.66. The molecular formula is C14H9Cl2NO3S. The van der Waals surface area contributed by atoms with Gasteiger partial charge in [-0.15, -0.1) is 11.3 Å². The number of hydrogen-bond acceptors (Lipinski definition) is 3. The predicted molar refractivity (Wildman–Crippen MR) is 85.4 cm³/mol. The van der Waals surface area contributed by atoms with Gasteiger partial charge in [0.15, 0.2) is 0 Å². The highest BCUT2D eigenvalue weighted by atomic mass is 35.5. The van der Waals surface area contributed by atoms with Crippen molar-refractivity contribution in [3.8, 4) is 0 Å². The summed E-state index contributed by atoms with van der Waals surface area (Å²) in [6.45, 7) is 0. The molecule has 0 atom stereocenters. The van der Waals surface area contributed by atoms with Crippen molar-refractivity contribution in [2.24, 2.45) is 0 Å². The molecule has 1 aromatic heterocycles. The lowest BCUT2D eigenvalue weighted by Gasteiger charge is -2.02. The molecule has 108 valence electrons. The summed E-state index contributed by atoms with van der Waals surface area (Å²) in [6, 6.07) is 6.55. The van der Waals surface area contributed by atoms with Crippen molar-refractivity contribution >= 4 is 58.2 Å². The molecule has 0 spiro atoms. The summed E-state index contributed by atoms with van der Waals surface area (Å²) in [5.74, 6) is -1.55. The Bertz CT molecular complexity index is 705. The van der Waals surface area contributed by atoms with Crippen LogP contribution in [-0.4, -0.2) is 17.0 Å². The summed E-state index contributed by atoms with van der Waals surface area (Å²) in [6.07, 6.45) is 2.73. The number of nitrogens with one attached hydrogen (secondary N) is 1. The van der Waals surface area contributed by atoms with E-state index in [0.29, 0.717) is 15.6 Å². The molecule has 2 aromatic rings. The summed E-state index contributed by atoms with van der Waals surface area (Å²) in [5.41, 5.74) is 0.784. The second-order valence-electron chi connectivity index (χ2n) is 3.93. The first-order valence-electron chi connectivity index (χ1n) is 5.73. The van der Waals surface area contributed by atoms with E-state index in [0.717, 1.165) is 11.3 Å². The lowest BCUT2D eigenvalue weighted by Crippen LogP contribution is -2.10. The highest BCUT2D eigenvalue weighted by Crippen LogP contribution is 2.26. The number of carboxylic acid groups (broad SMARTS) is 1. The Labute approximate surface area is 134 Å². The van der Waals surface area contributed by atoms with Gasteiger partial charge < -0.3 is 10.4 Å². The number of hydrogen-bond donors (Lipinski definition) is 2. The molecule has 0 unspecified atom stereocenters. The average molecular weight is 342 g/mol. The number of anilines is 1. The number of benzene rings is 1. The molecule has 0 radical (unpaired) electrons. The Balaban J connectivity index is 2.13. The Morgan fingerprint density at radius 3 is 2.48 bits per heavy atom. The highest BCUT2D eigenvalue weighted by Gasteiger charge is 2.12. The summed E-state index contributed by atoms with van der Waals surface area (Å²) in [4.78, 5) is 22.8. The van der Waals surface area contributed by atoms with Gasteiger partial charge >= 0.3 is 5.97 Å². The number of amides is 1. The van der Waals surface area contributed by atoms with Gasteiger partial charge in [0, 0.05) is 21.7 Å². The van der Waals surface area contributed by atoms with Gasteiger partial charge in [-0.25, -0.2) is 4.79 Å². The minimum absolute atomic E-state index is 0.0764. The molecule has 0 aliphatic rings. The SMILES string of the molecule is O=C(/C=C/c1c(Cl)cccc1Cl)Nc1ccsc1C(=O)O. The van der Waals surface area contributed by atoms with Gasteiger partial charge in [-0.3, -0.25) is 4.79 Å². The molecule has 0 aliphatic carbocycles. The van der Waals surface area contributed by atoms with Crippen LogP contribution in [0, 0.1) is 0 Å². The number of aromatic carboxylic acids is 1. The topological polar surface area (TPSA) is 66.4 Å². The van der Waals surface area contributed by atoms with Crippen molar-refractivity contribution in [1.29, 1.82) is 0 Å². The highest BCUT2D eigenvalue weighted by molar-refractivity contribution is 7.12. The first-order chi connectivity index (χ1) is 9.99. The lowest BCUT2D eigenvalue weighted by atomic mass is 10.2. The number of carboxylic acids is 1. The second kappa shape index (κ2) is 6.76. The number of halogens is 2. The zero-order valence-electron chi connectivity index (χ0n) is 10.5. The third-order valence-electron chi connectivity index (χ3n) is 2.52. The van der Waals surface area contributed by atoms with E-state index in [1.165, 1.54) is 18.2 Å². The third kappa shape index (κ3) is 3.85. The summed E-state index contributed by atoms with van der Waals surface area (Å²) in [7, 11) is 0. The average Bonchev–Trinajstić information content (AvgIpc) is 2.86. The van der Waals surface area contributed by atoms with Gasteiger partial charge in [0.05, 0.1) is 5.69 Å². The van der Waals surface area contributed by atoms with Crippen LogP contribution in [0.3, 0.4) is 0 Å². The van der Waals surface area contributed by atoms with E-state index in [1.807, 2.05) is 0 Å². The van der Waals surface area contributed by atoms with Crippen LogP contribution < -0.4 is 5.32 Å². The molecule has 1 aromatic carbocycles. The van der Waals surface area contributed by atoms with Crippen LogP contribution in [0.2, 0.25) is 10.0 Å². The van der Waals surface area contributed by atoms with Crippen molar-refractivity contribution in [1.82, 2.24) is 0 Å². The van der Waals surface area contributed by atoms with Gasteiger partial charge in [-0.05, 0) is 29.7 Å². The van der Waals surface area contributed by atoms with Crippen LogP contribution in [0.1, 0.15) is 15.2 Å². The summed E-state index contributed by atoms with van der Waals surface area (Å²) >= 11 is 13.0. The van der Waals surface area contributed by atoms with E-state index < -0.39 is 11.9 Å². The summed E-state index contributed by atoms with van der Waals surface area (Å²) in [5, 5.41) is 13.9. The number of carbonyl (C=O) groups excluding carboxylic acids is 1. The summed E-state index contributed by atoms with van der Waals surface area (Å²) < 4.78 is 0. The fraction of sp³-hybridized carbons (Fsp3) is 0. The van der Waals surface area contributed by atoms with E-state index in [4.69, 9.17) is 28.3 Å². The molecule has 1 amide bonds. The van der Waals surface area contributed by atoms with Crippen molar-refractivity contribution in [2.75, 3.05) is 5.32 Å². The van der Waals surface area contributed by atoms with Gasteiger partial charge in [0.25, 0.3) is 0 Å². The zero-order valence-corrected chi connectivity index (χ0v) is 12.8. The Hall–Kier alpha value is -1.82. The van der Waals surface area contributed by atoms with Gasteiger partial charge in [-0.1, -0.05) is 29.3 Å². The minimum Gasteiger partial charge on any atom is -0.477 e. The van der Waals surface area contributed by atoms with Crippen molar-refractivity contribution in [2.45, 2.75) is 0 Å². The van der Waals surface area contributed by atoms with E-state index in [2.05, 4.69) is 5.32 Å². The molecule has 0 saturated carbocycles. The fourth-order valence-corrected chi connectivity index (χ4v) is 2.79. The smallest absolute Gasteiger partial charge is 0.348 e. The van der Waals surface area contributed by atoms with Gasteiger partial charge in [-0.2, -0.15) is 0 Å². The predicted octanol–water partition coefficient (Wildman–Crippen LogP) is 4.41. The molecule has 0 bridgehead atoms. The number of thiophene rings is 1. The standard InChI is InChI=1S/C14H9Cl2NO3S/c15-9-2-1-3-10(16)8(9)4-5-12(18)17-11-6-7-21-13(11)14(19)20/h1-7H,(H,17,18)(H,19,20)/b5-4+. The maximum atomic E-state index is 11.8. The van der Waals surface area contributed by atoms with Crippen LogP contribution >= 0.6 is 34.5 Å². The Kier molecular flexibility index (Phi) is 5.01. The molecule has 2 N–H and O–H groups in total. The first-order valence-corrected chi connectivity index (χ1v) is 7.36. The third-order valence-corrected chi connectivity index (χ3v) is 4.08. The molecule has 1 heterocycles. The molecule has 0 saturated heterocycles. The molecule has 4 nitrogen and oxygen atoms in total. The van der Waals surface area contributed by atoms with Crippen molar-refractivity contribution < 1.29 is 14.7 Å². The molecule has 0 aliphatic heterocycles. The quantitative estimate of drug-likeness (QED) is 0.809. The van der Waals surface area contributed by atoms with Crippen molar-refractivity contribution in [3.63, 3.8) is 0 Å². The van der Waals surface area contributed by atoms with Crippen LogP contribution in [0.5, 0.6) is 0 Å². The molecular weight excluding hydrogens is 333 g/mol. The molecule has 0 fully saturated rings. The monoisotopic (exact) mass is 341 g/mol. The van der Waals surface area contributed by atoms with Crippen LogP contribution in [-0.2, 0) is 4.79 Å². The number of rotatable bonds is 4. The normalized spacial score (nSPS) is 10.8. The van der Waals surface area contributed by atoms with E-state index in [9.17, 15) is 9.59 Å². The van der Waals surface area contributed by atoms with Gasteiger partial charge in [0.1, 0.15) is 4.88 Å². The van der Waals surface area contributed by atoms with Crippen LogP contribution in [0.4, 0.5) is 5.69 Å². The molecule has 21 heavy (non-hydrogen) atoms. The van der Waals surface area contributed by atoms with E-state index in [1.54, 1.807) is 23.6 Å². The van der Waals surface area contributed by atoms with Crippen LogP contribution in [0.25, 0.3) is 6.08 Å². The van der Waals surface area contributed by atoms with Crippen LogP contribution in [0.15, 0.2) is 35.7 Å². The molecule has 7 heteroatoms. The zero-order chi connectivity index (χ0) is 15.4. The Morgan fingerprint density at radius 1 is 1.19 bits per heavy atom. The first kappa shape index (κ1) is 15.6. The van der Waals surface area contributed by atoms with Gasteiger partial charge in [0.2, 0.25) is 5.91 Å². The largest absolute Gasteiger partial charge is 0.477 e. The minimum atomic E-state index is -1.08. The Morgan fingerprint density at radius 2 is 1.86 bits per heavy atom. The van der Waals surface area contributed by atoms with Crippen molar-refractivity contribution in [3.05, 3.63) is 56.2 Å². The lowest BCUT2D eigenvalue weighted by molar-refractivity contribution is -0.111. The number of carbonyl (C=O) groups is 2. The molecule has 2 rings (SSSR count). The maximum Gasteiger partial charge on any atom is 0.348 e. The maximum absolute atomic E-state index is 11.8. The van der Waals surface area contributed by atoms with E-state index >= 15 is 0 Å². The van der Waals surface area contributed by atoms with E-state index in [-0.39, 0.29) is 10.6 Å².